The Labute approximate surface area is 302 Å². The summed E-state index contributed by atoms with van der Waals surface area (Å²) in [4.78, 5) is 13.2. The Hall–Kier alpha value is -3.67. The molecule has 3 heterocycles. The first-order valence-corrected chi connectivity index (χ1v) is 16.6. The quantitative estimate of drug-likeness (QED) is 0.0569. The Balaban J connectivity index is 1.42. The highest BCUT2D eigenvalue weighted by Gasteiger charge is 2.54. The zero-order valence-corrected chi connectivity index (χ0v) is 28.3. The molecule has 3 saturated heterocycles. The highest BCUT2D eigenvalue weighted by Crippen LogP contribution is 2.34. The Bertz CT molecular complexity index is 1570. The number of hydrogen-bond acceptors (Lipinski definition) is 19. The lowest BCUT2D eigenvalue weighted by Crippen LogP contribution is -2.65. The van der Waals surface area contributed by atoms with Gasteiger partial charge in [-0.3, -0.25) is 0 Å². The number of aromatic hydroxyl groups is 4. The Morgan fingerprint density at radius 2 is 1.53 bits per heavy atom. The van der Waals surface area contributed by atoms with E-state index in [0.717, 1.165) is 6.08 Å². The van der Waals surface area contributed by atoms with E-state index < -0.39 is 117 Å². The second-order valence-corrected chi connectivity index (χ2v) is 13.0. The van der Waals surface area contributed by atoms with Crippen molar-refractivity contribution in [2.75, 3.05) is 26.4 Å². The second-order valence-electron chi connectivity index (χ2n) is 13.0. The molecule has 0 bridgehead atoms. The van der Waals surface area contributed by atoms with Crippen LogP contribution in [0.15, 0.2) is 42.5 Å². The van der Waals surface area contributed by atoms with Crippen molar-refractivity contribution in [1.29, 1.82) is 0 Å². The van der Waals surface area contributed by atoms with E-state index in [0.29, 0.717) is 5.56 Å². The molecule has 13 atom stereocenters. The standard InChI is InChI=1S/C34H44O19/c1-15-24(41)25(42)26(43)32(50-15)53-29-27(44)31(47-9-8-17-3-6-19(37)21(39)11-17)51-22(12-48-33-30(45)34(46,13-35)14-49-33)28(29)52-23(40)7-4-16-2-5-18(36)20(38)10-16/h2-7,10-11,15,22,24-33,35-39,41-46H,8-9,12-14H2,1H3/b7-4+/t15-,22-,24-,25+,26+,27+,28?,29+,30-,31+,32?,33+,34+/m0/s1. The smallest absolute Gasteiger partial charge is 0.331 e. The van der Waals surface area contributed by atoms with Gasteiger partial charge in [0.25, 0.3) is 0 Å². The molecule has 2 aromatic carbocycles. The number of esters is 1. The van der Waals surface area contributed by atoms with E-state index in [1.807, 2.05) is 0 Å². The molecule has 0 aromatic heterocycles. The van der Waals surface area contributed by atoms with Gasteiger partial charge < -0.3 is 89.3 Å². The molecule has 2 aromatic rings. The van der Waals surface area contributed by atoms with E-state index in [1.165, 1.54) is 49.4 Å². The highest BCUT2D eigenvalue weighted by atomic mass is 16.8. The second kappa shape index (κ2) is 17.2. The SMILES string of the molecule is C[C@@H]1OC(O[C@H]2C(OC(=O)/C=C/c3ccc(O)c(O)c3)[C@H](CO[C@@H]3OC[C@](O)(CO)[C@H]3O)O[C@@H](OCCc3ccc(O)c(O)c3)[C@@H]2O)[C@H](O)[C@H](O)[C@H]1O. The van der Waals surface area contributed by atoms with Gasteiger partial charge in [0.2, 0.25) is 0 Å². The van der Waals surface area contributed by atoms with E-state index in [1.54, 1.807) is 0 Å². The van der Waals surface area contributed by atoms with Crippen LogP contribution in [0.2, 0.25) is 0 Å². The van der Waals surface area contributed by atoms with Gasteiger partial charge in [-0.05, 0) is 54.8 Å². The summed E-state index contributed by atoms with van der Waals surface area (Å²) in [7, 11) is 0. The van der Waals surface area contributed by atoms with Crippen LogP contribution in [0.4, 0.5) is 0 Å². The first-order chi connectivity index (χ1) is 25.1. The highest BCUT2D eigenvalue weighted by molar-refractivity contribution is 5.87. The maximum absolute atomic E-state index is 13.2. The monoisotopic (exact) mass is 756 g/mol. The van der Waals surface area contributed by atoms with E-state index in [4.69, 9.17) is 33.2 Å². The summed E-state index contributed by atoms with van der Waals surface area (Å²) in [5.74, 6) is -2.62. The predicted molar refractivity (Wildman–Crippen MR) is 174 cm³/mol. The van der Waals surface area contributed by atoms with Gasteiger partial charge >= 0.3 is 5.97 Å². The van der Waals surface area contributed by atoms with E-state index in [2.05, 4.69) is 0 Å². The molecule has 294 valence electrons. The maximum atomic E-state index is 13.2. The number of ether oxygens (including phenoxy) is 7. The maximum Gasteiger partial charge on any atom is 0.331 e. The van der Waals surface area contributed by atoms with Gasteiger partial charge in [0, 0.05) is 6.08 Å². The van der Waals surface area contributed by atoms with Crippen LogP contribution >= 0.6 is 0 Å². The summed E-state index contributed by atoms with van der Waals surface area (Å²) >= 11 is 0. The average Bonchev–Trinajstić information content (AvgIpc) is 3.42. The van der Waals surface area contributed by atoms with Gasteiger partial charge in [-0.2, -0.15) is 0 Å². The summed E-state index contributed by atoms with van der Waals surface area (Å²) in [5.41, 5.74) is -1.24. The lowest BCUT2D eigenvalue weighted by molar-refractivity contribution is -0.360. The molecule has 3 aliphatic heterocycles. The number of benzene rings is 2. The number of aliphatic hydroxyl groups excluding tert-OH is 6. The number of phenolic OH excluding ortho intramolecular Hbond substituents is 4. The molecular weight excluding hydrogens is 712 g/mol. The number of carbonyl (C=O) groups excluding carboxylic acids is 1. The molecule has 19 heteroatoms. The average molecular weight is 757 g/mol. The van der Waals surface area contributed by atoms with E-state index >= 15 is 0 Å². The fourth-order valence-electron chi connectivity index (χ4n) is 5.87. The van der Waals surface area contributed by atoms with Crippen molar-refractivity contribution in [3.8, 4) is 23.0 Å². The van der Waals surface area contributed by atoms with Crippen molar-refractivity contribution >= 4 is 12.0 Å². The number of phenols is 4. The third kappa shape index (κ3) is 9.35. The summed E-state index contributed by atoms with van der Waals surface area (Å²) in [6.45, 7) is -0.718. The molecule has 0 saturated carbocycles. The van der Waals surface area contributed by atoms with Crippen LogP contribution in [0.3, 0.4) is 0 Å². The summed E-state index contributed by atoms with van der Waals surface area (Å²) in [5, 5.41) is 112. The summed E-state index contributed by atoms with van der Waals surface area (Å²) < 4.78 is 40.0. The lowest BCUT2D eigenvalue weighted by atomic mass is 9.96. The van der Waals surface area contributed by atoms with Crippen molar-refractivity contribution in [1.82, 2.24) is 0 Å². The van der Waals surface area contributed by atoms with Gasteiger partial charge in [0.15, 0.2) is 48.0 Å². The fraction of sp³-hybridized carbons (Fsp3) is 0.559. The van der Waals surface area contributed by atoms with E-state index in [9.17, 15) is 61.0 Å². The molecule has 53 heavy (non-hydrogen) atoms. The molecule has 2 unspecified atom stereocenters. The van der Waals surface area contributed by atoms with Crippen molar-refractivity contribution in [2.24, 2.45) is 0 Å². The van der Waals surface area contributed by atoms with Crippen LogP contribution in [0, 0.1) is 0 Å². The van der Waals surface area contributed by atoms with Crippen LogP contribution in [0.1, 0.15) is 18.1 Å². The molecule has 0 amide bonds. The van der Waals surface area contributed by atoms with E-state index in [-0.39, 0.29) is 30.1 Å². The van der Waals surface area contributed by atoms with Crippen molar-refractivity contribution in [3.05, 3.63) is 53.6 Å². The lowest BCUT2D eigenvalue weighted by Gasteiger charge is -2.46. The summed E-state index contributed by atoms with van der Waals surface area (Å²) in [6, 6.07) is 7.83. The normalized spacial score (nSPS) is 36.2. The molecule has 19 nitrogen and oxygen atoms in total. The first kappa shape index (κ1) is 40.5. The molecule has 11 N–H and O–H groups in total. The van der Waals surface area contributed by atoms with Crippen LogP contribution in [0.25, 0.3) is 6.08 Å². The van der Waals surface area contributed by atoms with Gasteiger partial charge in [0.1, 0.15) is 48.3 Å². The molecular formula is C34H44O19. The first-order valence-electron chi connectivity index (χ1n) is 16.6. The van der Waals surface area contributed by atoms with Crippen molar-refractivity contribution < 1.29 is 94.1 Å². The third-order valence-corrected chi connectivity index (χ3v) is 9.09. The molecule has 3 fully saturated rings. The number of hydrogen-bond donors (Lipinski definition) is 11. The molecule has 0 radical (unpaired) electrons. The van der Waals surface area contributed by atoms with Crippen LogP contribution in [0.5, 0.6) is 23.0 Å². The minimum absolute atomic E-state index is 0.136. The zero-order chi connectivity index (χ0) is 38.6. The largest absolute Gasteiger partial charge is 0.504 e. The van der Waals surface area contributed by atoms with Gasteiger partial charge in [-0.25, -0.2) is 4.79 Å². The Morgan fingerprint density at radius 1 is 0.830 bits per heavy atom. The van der Waals surface area contributed by atoms with Crippen LogP contribution < -0.4 is 0 Å². The minimum atomic E-state index is -2.05. The molecule has 5 rings (SSSR count). The molecule has 0 aliphatic carbocycles. The number of rotatable bonds is 13. The van der Waals surface area contributed by atoms with Gasteiger partial charge in [-0.1, -0.05) is 12.1 Å². The Morgan fingerprint density at radius 3 is 2.19 bits per heavy atom. The van der Waals surface area contributed by atoms with Crippen LogP contribution in [-0.2, 0) is 44.4 Å². The third-order valence-electron chi connectivity index (χ3n) is 9.09. The van der Waals surface area contributed by atoms with Gasteiger partial charge in [-0.15, -0.1) is 0 Å². The molecule has 3 aliphatic rings. The number of aliphatic hydroxyl groups is 7. The zero-order valence-electron chi connectivity index (χ0n) is 28.3. The topological polar surface area (TPSA) is 304 Å². The van der Waals surface area contributed by atoms with Crippen molar-refractivity contribution in [2.45, 2.75) is 92.8 Å². The van der Waals surface area contributed by atoms with Crippen LogP contribution in [-0.4, -0.2) is 168 Å². The van der Waals surface area contributed by atoms with Gasteiger partial charge in [0.05, 0.1) is 32.5 Å². The fourth-order valence-corrected chi connectivity index (χ4v) is 5.87. The summed E-state index contributed by atoms with van der Waals surface area (Å²) in [6.07, 6.45) is -17.0. The Kier molecular flexibility index (Phi) is 13.2. The molecule has 0 spiro atoms. The minimum Gasteiger partial charge on any atom is -0.504 e. The van der Waals surface area contributed by atoms with Crippen molar-refractivity contribution in [3.63, 3.8) is 0 Å². The number of carbonyl (C=O) groups is 1. The predicted octanol–water partition coefficient (Wildman–Crippen LogP) is -2.55.